The fourth-order valence-electron chi connectivity index (χ4n) is 5.00. The molecule has 0 saturated heterocycles. The Labute approximate surface area is 295 Å². The van der Waals surface area contributed by atoms with E-state index in [-0.39, 0.29) is 35.7 Å². The second-order valence-corrected chi connectivity index (χ2v) is 16.1. The molecule has 3 N–H and O–H groups in total. The molecule has 3 aromatic carbocycles. The van der Waals surface area contributed by atoms with Gasteiger partial charge in [0.1, 0.15) is 5.75 Å². The van der Waals surface area contributed by atoms with E-state index in [4.69, 9.17) is 4.55 Å². The number of phenols is 1. The summed E-state index contributed by atoms with van der Waals surface area (Å²) in [5.41, 5.74) is 3.78. The van der Waals surface area contributed by atoms with Gasteiger partial charge in [-0.3, -0.25) is 14.1 Å². The van der Waals surface area contributed by atoms with Crippen LogP contribution >= 0.6 is 0 Å². The number of hydrogen-bond donors (Lipinski definition) is 3. The average Bonchev–Trinajstić information content (AvgIpc) is 3.04. The summed E-state index contributed by atoms with van der Waals surface area (Å²) in [6.45, 7) is 12.9. The summed E-state index contributed by atoms with van der Waals surface area (Å²) in [6.07, 6.45) is 13.6. The molecule has 268 valence electrons. The summed E-state index contributed by atoms with van der Waals surface area (Å²) in [6, 6.07) is 21.0. The first-order chi connectivity index (χ1) is 23.0. The van der Waals surface area contributed by atoms with E-state index in [2.05, 4.69) is 59.0 Å². The van der Waals surface area contributed by atoms with E-state index in [0.717, 1.165) is 22.6 Å². The minimum Gasteiger partial charge on any atom is -0.508 e. The Morgan fingerprint density at radius 2 is 1.33 bits per heavy atom. The Kier molecular flexibility index (Phi) is 17.5. The van der Waals surface area contributed by atoms with Crippen LogP contribution in [0.3, 0.4) is 0 Å². The van der Waals surface area contributed by atoms with Crippen LogP contribution in [-0.2, 0) is 21.3 Å². The van der Waals surface area contributed by atoms with E-state index in [1.165, 1.54) is 50.7 Å². The smallest absolute Gasteiger partial charge is 0.264 e. The quantitative estimate of drug-likeness (QED) is 0.105. The molecule has 0 heterocycles. The zero-order chi connectivity index (χ0) is 36.5. The SMILES string of the molecule is C1CCCCC1.CC(C)(C)/C=C/c1ccc(C(Cc2ccc(C(=O)CCCS(=O)(=O)O)cc2)C(=O)Nc2ccc(O)cc2)cc1.CC(C)C. The van der Waals surface area contributed by atoms with Crippen LogP contribution in [0.1, 0.15) is 126 Å². The van der Waals surface area contributed by atoms with Crippen LogP contribution in [0.15, 0.2) is 78.9 Å². The van der Waals surface area contributed by atoms with Crippen LogP contribution in [-0.4, -0.2) is 35.5 Å². The third kappa shape index (κ3) is 18.6. The molecule has 0 bridgehead atoms. The van der Waals surface area contributed by atoms with Crippen molar-refractivity contribution in [2.45, 2.75) is 105 Å². The van der Waals surface area contributed by atoms with Gasteiger partial charge >= 0.3 is 0 Å². The predicted octanol–water partition coefficient (Wildman–Crippen LogP) is 10.3. The molecule has 1 atom stereocenters. The van der Waals surface area contributed by atoms with Gasteiger partial charge in [0.25, 0.3) is 10.1 Å². The Morgan fingerprint density at radius 1 is 0.816 bits per heavy atom. The molecule has 0 radical (unpaired) electrons. The first kappa shape index (κ1) is 41.4. The van der Waals surface area contributed by atoms with E-state index in [1.54, 1.807) is 36.4 Å². The van der Waals surface area contributed by atoms with Crippen LogP contribution in [0.2, 0.25) is 0 Å². The van der Waals surface area contributed by atoms with Crippen molar-refractivity contribution in [3.05, 3.63) is 101 Å². The number of aromatic hydroxyl groups is 1. The molecular formula is C41H57NO6S. The van der Waals surface area contributed by atoms with Crippen molar-refractivity contribution in [3.8, 4) is 5.75 Å². The second-order valence-electron chi connectivity index (χ2n) is 14.5. The number of amides is 1. The number of allylic oxidation sites excluding steroid dienone is 1. The summed E-state index contributed by atoms with van der Waals surface area (Å²) in [5.74, 6) is -0.457. The van der Waals surface area contributed by atoms with E-state index in [0.29, 0.717) is 17.7 Å². The van der Waals surface area contributed by atoms with Crippen molar-refractivity contribution in [1.29, 1.82) is 0 Å². The van der Waals surface area contributed by atoms with Crippen LogP contribution in [0.4, 0.5) is 5.69 Å². The highest BCUT2D eigenvalue weighted by atomic mass is 32.2. The lowest BCUT2D eigenvalue weighted by Gasteiger charge is -2.18. The van der Waals surface area contributed by atoms with Gasteiger partial charge in [-0.2, -0.15) is 8.42 Å². The molecule has 0 spiro atoms. The highest BCUT2D eigenvalue weighted by Crippen LogP contribution is 2.26. The Hall–Kier alpha value is -3.75. The van der Waals surface area contributed by atoms with Crippen molar-refractivity contribution in [1.82, 2.24) is 0 Å². The summed E-state index contributed by atoms with van der Waals surface area (Å²) in [4.78, 5) is 25.8. The predicted molar refractivity (Wildman–Crippen MR) is 203 cm³/mol. The van der Waals surface area contributed by atoms with Crippen molar-refractivity contribution >= 4 is 33.6 Å². The molecular weight excluding hydrogens is 635 g/mol. The van der Waals surface area contributed by atoms with E-state index < -0.39 is 21.8 Å². The number of Topliss-reactive ketones (excluding diaryl/α,β-unsaturated/α-hetero) is 1. The second kappa shape index (κ2) is 20.7. The summed E-state index contributed by atoms with van der Waals surface area (Å²) in [7, 11) is -4.10. The maximum absolute atomic E-state index is 13.4. The standard InChI is InChI=1S/C31H35NO6S.C6H12.C4H10/c1-31(2,3)19-18-22-6-10-24(11-7-22)28(30(35)32-26-14-16-27(33)17-15-26)21-23-8-12-25(13-9-23)29(34)5-4-20-39(36,37)38;1-2-4-6-5-3-1;1-4(2)3/h6-19,28,33H,4-5,20-21H2,1-3H3,(H,32,35)(H,36,37,38);1-6H2;4H,1-3H3/b19-18+;;. The number of rotatable bonds is 11. The first-order valence-electron chi connectivity index (χ1n) is 17.5. The zero-order valence-corrected chi connectivity index (χ0v) is 31.1. The molecule has 1 saturated carbocycles. The van der Waals surface area contributed by atoms with Gasteiger partial charge in [-0.15, -0.1) is 0 Å². The lowest BCUT2D eigenvalue weighted by Crippen LogP contribution is -2.23. The first-order valence-corrected chi connectivity index (χ1v) is 19.1. The van der Waals surface area contributed by atoms with Gasteiger partial charge in [-0.1, -0.05) is 141 Å². The molecule has 1 fully saturated rings. The average molecular weight is 692 g/mol. The number of anilines is 1. The molecule has 0 aliphatic heterocycles. The van der Waals surface area contributed by atoms with Gasteiger partial charge in [-0.05, 0) is 65.1 Å². The Balaban J connectivity index is 0.000000718. The fourth-order valence-corrected chi connectivity index (χ4v) is 5.51. The number of ketones is 1. The minimum absolute atomic E-state index is 0.00675. The van der Waals surface area contributed by atoms with Gasteiger partial charge in [0.05, 0.1) is 11.7 Å². The third-order valence-corrected chi connectivity index (χ3v) is 8.39. The molecule has 1 aliphatic carbocycles. The molecule has 49 heavy (non-hydrogen) atoms. The lowest BCUT2D eigenvalue weighted by molar-refractivity contribution is -0.117. The molecule has 1 unspecified atom stereocenters. The Bertz CT molecular complexity index is 1530. The van der Waals surface area contributed by atoms with Gasteiger partial charge in [-0.25, -0.2) is 0 Å². The van der Waals surface area contributed by atoms with Crippen molar-refractivity contribution in [2.75, 3.05) is 11.1 Å². The molecule has 0 aromatic heterocycles. The van der Waals surface area contributed by atoms with Gasteiger partial charge in [0.2, 0.25) is 5.91 Å². The molecule has 8 heteroatoms. The number of hydrogen-bond acceptors (Lipinski definition) is 5. The van der Waals surface area contributed by atoms with Crippen molar-refractivity contribution in [3.63, 3.8) is 0 Å². The van der Waals surface area contributed by atoms with E-state index in [9.17, 15) is 23.1 Å². The third-order valence-electron chi connectivity index (χ3n) is 7.59. The largest absolute Gasteiger partial charge is 0.508 e. The van der Waals surface area contributed by atoms with Crippen LogP contribution < -0.4 is 5.32 Å². The van der Waals surface area contributed by atoms with E-state index in [1.807, 2.05) is 24.3 Å². The van der Waals surface area contributed by atoms with Crippen LogP contribution in [0.5, 0.6) is 5.75 Å². The number of nitrogens with one attached hydrogen (secondary N) is 1. The number of phenolic OH excluding ortho intramolecular Hbond substituents is 1. The summed E-state index contributed by atoms with van der Waals surface area (Å²) >= 11 is 0. The summed E-state index contributed by atoms with van der Waals surface area (Å²) in [5, 5.41) is 12.5. The highest BCUT2D eigenvalue weighted by Gasteiger charge is 2.22. The normalized spacial score (nSPS) is 13.9. The van der Waals surface area contributed by atoms with Crippen LogP contribution in [0, 0.1) is 11.3 Å². The molecule has 1 amide bonds. The van der Waals surface area contributed by atoms with Crippen LogP contribution in [0.25, 0.3) is 6.08 Å². The lowest BCUT2D eigenvalue weighted by atomic mass is 9.89. The molecule has 3 aromatic rings. The highest BCUT2D eigenvalue weighted by molar-refractivity contribution is 7.85. The monoisotopic (exact) mass is 691 g/mol. The van der Waals surface area contributed by atoms with Gasteiger partial charge < -0.3 is 10.4 Å². The Morgan fingerprint density at radius 3 is 1.80 bits per heavy atom. The zero-order valence-electron chi connectivity index (χ0n) is 30.2. The number of carbonyl (C=O) groups excluding carboxylic acids is 2. The molecule has 1 aliphatic rings. The number of benzene rings is 3. The van der Waals surface area contributed by atoms with Crippen molar-refractivity contribution < 1.29 is 27.7 Å². The number of carbonyl (C=O) groups is 2. The summed E-state index contributed by atoms with van der Waals surface area (Å²) < 4.78 is 30.6. The van der Waals surface area contributed by atoms with Gasteiger partial charge in [0.15, 0.2) is 5.78 Å². The molecule has 7 nitrogen and oxygen atoms in total. The topological polar surface area (TPSA) is 121 Å². The maximum Gasteiger partial charge on any atom is 0.264 e. The molecule has 4 rings (SSSR count). The fraction of sp³-hybridized carbons (Fsp3) is 0.463. The minimum atomic E-state index is -4.10. The van der Waals surface area contributed by atoms with E-state index >= 15 is 0 Å². The van der Waals surface area contributed by atoms with Crippen molar-refractivity contribution in [2.24, 2.45) is 11.3 Å². The van der Waals surface area contributed by atoms with Gasteiger partial charge in [0, 0.05) is 17.7 Å². The maximum atomic E-state index is 13.4.